The molecule has 6 nitrogen and oxygen atoms in total. The van der Waals surface area contributed by atoms with Gasteiger partial charge in [0.05, 0.1) is 24.4 Å². The molecule has 2 aromatic rings. The Hall–Kier alpha value is -2.35. The predicted molar refractivity (Wildman–Crippen MR) is 117 cm³/mol. The highest BCUT2D eigenvalue weighted by atomic mass is 35.5. The predicted octanol–water partition coefficient (Wildman–Crippen LogP) is 3.30. The van der Waals surface area contributed by atoms with Crippen LogP contribution >= 0.6 is 23.8 Å². The van der Waals surface area contributed by atoms with Crippen molar-refractivity contribution in [1.82, 2.24) is 9.80 Å². The van der Waals surface area contributed by atoms with Crippen molar-refractivity contribution in [3.8, 4) is 5.75 Å². The fourth-order valence-corrected chi connectivity index (χ4v) is 3.45. The van der Waals surface area contributed by atoms with Crippen LogP contribution < -0.4 is 15.4 Å². The van der Waals surface area contributed by atoms with E-state index in [1.165, 1.54) is 0 Å². The zero-order valence-electron chi connectivity index (χ0n) is 15.7. The molecule has 0 aliphatic carbocycles. The second-order valence-electron chi connectivity index (χ2n) is 6.45. The van der Waals surface area contributed by atoms with E-state index < -0.39 is 0 Å². The molecule has 0 atom stereocenters. The van der Waals surface area contributed by atoms with Crippen molar-refractivity contribution in [2.45, 2.75) is 0 Å². The number of carbonyl (C=O) groups excluding carboxylic acids is 1. The van der Waals surface area contributed by atoms with Crippen LogP contribution in [0.4, 0.5) is 11.4 Å². The van der Waals surface area contributed by atoms with Crippen LogP contribution in [0.15, 0.2) is 48.5 Å². The van der Waals surface area contributed by atoms with Crippen LogP contribution in [-0.2, 0) is 4.79 Å². The molecule has 1 amide bonds. The fraction of sp³-hybridized carbons (Fsp3) is 0.300. The van der Waals surface area contributed by atoms with Crippen LogP contribution in [0.2, 0.25) is 5.02 Å². The molecule has 0 aromatic heterocycles. The fourth-order valence-electron chi connectivity index (χ4n) is 2.97. The van der Waals surface area contributed by atoms with Crippen LogP contribution in [0, 0.1) is 0 Å². The SMILES string of the molecule is COc1cccc(NC(=S)N2CCN(CC(=O)Nc3ccccc3Cl)CC2)c1. The summed E-state index contributed by atoms with van der Waals surface area (Å²) in [5, 5.41) is 7.32. The normalized spacial score (nSPS) is 14.4. The lowest BCUT2D eigenvalue weighted by atomic mass is 10.3. The Morgan fingerprint density at radius 1 is 1.11 bits per heavy atom. The number of rotatable bonds is 5. The number of thiocarbonyl (C=S) groups is 1. The number of para-hydroxylation sites is 1. The van der Waals surface area contributed by atoms with Crippen molar-refractivity contribution in [3.05, 3.63) is 53.6 Å². The molecule has 2 aromatic carbocycles. The lowest BCUT2D eigenvalue weighted by molar-refractivity contribution is -0.117. The molecule has 1 heterocycles. The third-order valence-electron chi connectivity index (χ3n) is 4.50. The summed E-state index contributed by atoms with van der Waals surface area (Å²) < 4.78 is 5.23. The Kier molecular flexibility index (Phi) is 7.08. The standard InChI is InChI=1S/C20H23ClN4O2S/c1-27-16-6-4-5-15(13-16)22-20(28)25-11-9-24(10-12-25)14-19(26)23-18-8-3-2-7-17(18)21/h2-8,13H,9-12,14H2,1H3,(H,22,28)(H,23,26). The number of benzene rings is 2. The summed E-state index contributed by atoms with van der Waals surface area (Å²) in [7, 11) is 1.64. The van der Waals surface area contributed by atoms with E-state index in [9.17, 15) is 4.79 Å². The maximum atomic E-state index is 12.3. The molecule has 1 aliphatic rings. The molecule has 28 heavy (non-hydrogen) atoms. The zero-order valence-corrected chi connectivity index (χ0v) is 17.2. The Morgan fingerprint density at radius 2 is 1.86 bits per heavy atom. The molecule has 8 heteroatoms. The third kappa shape index (κ3) is 5.58. The van der Waals surface area contributed by atoms with E-state index in [1.807, 2.05) is 36.4 Å². The number of ether oxygens (including phenoxy) is 1. The largest absolute Gasteiger partial charge is 0.497 e. The van der Waals surface area contributed by atoms with Crippen LogP contribution in [0.3, 0.4) is 0 Å². The summed E-state index contributed by atoms with van der Waals surface area (Å²) in [5.41, 5.74) is 1.53. The Bertz CT molecular complexity index is 840. The number of halogens is 1. The first-order valence-corrected chi connectivity index (χ1v) is 9.80. The maximum Gasteiger partial charge on any atom is 0.238 e. The summed E-state index contributed by atoms with van der Waals surface area (Å²) in [6, 6.07) is 14.9. The second kappa shape index (κ2) is 9.73. The first-order valence-electron chi connectivity index (χ1n) is 9.02. The second-order valence-corrected chi connectivity index (χ2v) is 7.25. The summed E-state index contributed by atoms with van der Waals surface area (Å²) >= 11 is 11.6. The average Bonchev–Trinajstić information content (AvgIpc) is 2.70. The van der Waals surface area contributed by atoms with E-state index in [0.717, 1.165) is 37.6 Å². The smallest absolute Gasteiger partial charge is 0.238 e. The van der Waals surface area contributed by atoms with Gasteiger partial charge < -0.3 is 20.3 Å². The number of nitrogens with one attached hydrogen (secondary N) is 2. The monoisotopic (exact) mass is 418 g/mol. The number of nitrogens with zero attached hydrogens (tertiary/aromatic N) is 2. The van der Waals surface area contributed by atoms with Gasteiger partial charge in [-0.1, -0.05) is 29.8 Å². The molecular weight excluding hydrogens is 396 g/mol. The third-order valence-corrected chi connectivity index (χ3v) is 5.19. The Morgan fingerprint density at radius 3 is 2.57 bits per heavy atom. The molecule has 1 aliphatic heterocycles. The van der Waals surface area contributed by atoms with Crippen LogP contribution in [0.5, 0.6) is 5.75 Å². The molecule has 0 saturated carbocycles. The van der Waals surface area contributed by atoms with Crippen molar-refractivity contribution in [2.24, 2.45) is 0 Å². The molecule has 0 radical (unpaired) electrons. The molecule has 3 rings (SSSR count). The Balaban J connectivity index is 1.45. The van der Waals surface area contributed by atoms with Gasteiger partial charge in [0.25, 0.3) is 0 Å². The Labute approximate surface area is 175 Å². The summed E-state index contributed by atoms with van der Waals surface area (Å²) in [6.07, 6.45) is 0. The zero-order chi connectivity index (χ0) is 19.9. The van der Waals surface area contributed by atoms with Crippen LogP contribution in [0.1, 0.15) is 0 Å². The number of amides is 1. The van der Waals surface area contributed by atoms with Crippen LogP contribution in [-0.4, -0.2) is 60.7 Å². The number of methoxy groups -OCH3 is 1. The maximum absolute atomic E-state index is 12.3. The van der Waals surface area contributed by atoms with Gasteiger partial charge >= 0.3 is 0 Å². The van der Waals surface area contributed by atoms with Gasteiger partial charge in [-0.3, -0.25) is 9.69 Å². The molecule has 148 valence electrons. The van der Waals surface area contributed by atoms with Gasteiger partial charge in [0.1, 0.15) is 5.75 Å². The van der Waals surface area contributed by atoms with Gasteiger partial charge in [-0.15, -0.1) is 0 Å². The van der Waals surface area contributed by atoms with E-state index in [4.69, 9.17) is 28.6 Å². The van der Waals surface area contributed by atoms with Crippen molar-refractivity contribution < 1.29 is 9.53 Å². The lowest BCUT2D eigenvalue weighted by Crippen LogP contribution is -2.51. The first kappa shape index (κ1) is 20.4. The molecular formula is C20H23ClN4O2S. The van der Waals surface area contributed by atoms with Gasteiger partial charge in [0, 0.05) is 37.9 Å². The van der Waals surface area contributed by atoms with Gasteiger partial charge in [-0.25, -0.2) is 0 Å². The molecule has 1 fully saturated rings. The van der Waals surface area contributed by atoms with Gasteiger partial charge in [0.15, 0.2) is 5.11 Å². The number of anilines is 2. The number of hydrogen-bond acceptors (Lipinski definition) is 4. The molecule has 2 N–H and O–H groups in total. The highest BCUT2D eigenvalue weighted by molar-refractivity contribution is 7.80. The van der Waals surface area contributed by atoms with Crippen LogP contribution in [0.25, 0.3) is 0 Å². The van der Waals surface area contributed by atoms with Gasteiger partial charge in [-0.2, -0.15) is 0 Å². The van der Waals surface area contributed by atoms with E-state index in [1.54, 1.807) is 19.2 Å². The minimum absolute atomic E-state index is 0.0707. The molecule has 0 unspecified atom stereocenters. The number of carbonyl (C=O) groups is 1. The lowest BCUT2D eigenvalue weighted by Gasteiger charge is -2.35. The highest BCUT2D eigenvalue weighted by Gasteiger charge is 2.21. The van der Waals surface area contributed by atoms with Crippen molar-refractivity contribution in [3.63, 3.8) is 0 Å². The minimum atomic E-state index is -0.0707. The van der Waals surface area contributed by atoms with Crippen molar-refractivity contribution in [1.29, 1.82) is 0 Å². The molecule has 0 spiro atoms. The van der Waals surface area contributed by atoms with E-state index in [2.05, 4.69) is 20.4 Å². The topological polar surface area (TPSA) is 56.8 Å². The number of hydrogen-bond donors (Lipinski definition) is 2. The quantitative estimate of drug-likeness (QED) is 0.726. The summed E-state index contributed by atoms with van der Waals surface area (Å²) in [6.45, 7) is 3.37. The minimum Gasteiger partial charge on any atom is -0.497 e. The summed E-state index contributed by atoms with van der Waals surface area (Å²) in [4.78, 5) is 16.5. The molecule has 0 bridgehead atoms. The van der Waals surface area contributed by atoms with Gasteiger partial charge in [-0.05, 0) is 36.5 Å². The van der Waals surface area contributed by atoms with E-state index in [-0.39, 0.29) is 5.91 Å². The summed E-state index contributed by atoms with van der Waals surface area (Å²) in [5.74, 6) is 0.709. The van der Waals surface area contributed by atoms with Crippen molar-refractivity contribution in [2.75, 3.05) is 50.5 Å². The highest BCUT2D eigenvalue weighted by Crippen LogP contribution is 2.20. The van der Waals surface area contributed by atoms with E-state index >= 15 is 0 Å². The van der Waals surface area contributed by atoms with Gasteiger partial charge in [0.2, 0.25) is 5.91 Å². The average molecular weight is 419 g/mol. The first-order chi connectivity index (χ1) is 13.5. The number of piperazine rings is 1. The van der Waals surface area contributed by atoms with Crippen molar-refractivity contribution >= 4 is 46.2 Å². The van der Waals surface area contributed by atoms with E-state index in [0.29, 0.717) is 22.4 Å². The molecule has 1 saturated heterocycles.